The van der Waals surface area contributed by atoms with Gasteiger partial charge in [0.15, 0.2) is 0 Å². The third kappa shape index (κ3) is 5.33. The van der Waals surface area contributed by atoms with Gasteiger partial charge in [-0.1, -0.05) is 24.3 Å². The van der Waals surface area contributed by atoms with Crippen LogP contribution in [0, 0.1) is 0 Å². The summed E-state index contributed by atoms with van der Waals surface area (Å²) in [6, 6.07) is 7.60. The van der Waals surface area contributed by atoms with E-state index in [0.29, 0.717) is 19.7 Å². The largest absolute Gasteiger partial charge is 0.380 e. The zero-order valence-corrected chi connectivity index (χ0v) is 10.0. The van der Waals surface area contributed by atoms with E-state index >= 15 is 0 Å². The van der Waals surface area contributed by atoms with E-state index in [-0.39, 0.29) is 0 Å². The number of hydrogen-bond donors (Lipinski definition) is 3. The number of rotatable bonds is 7. The quantitative estimate of drug-likeness (QED) is 0.607. The van der Waals surface area contributed by atoms with Crippen molar-refractivity contribution < 1.29 is 9.53 Å². The lowest BCUT2D eigenvalue weighted by Crippen LogP contribution is -2.35. The van der Waals surface area contributed by atoms with Gasteiger partial charge in [-0.25, -0.2) is 4.79 Å². The SMILES string of the molecule is COCc1ccccc1CNCCNC(N)=O. The molecule has 1 aromatic rings. The maximum absolute atomic E-state index is 10.4. The molecule has 0 aliphatic rings. The van der Waals surface area contributed by atoms with Gasteiger partial charge < -0.3 is 21.1 Å². The summed E-state index contributed by atoms with van der Waals surface area (Å²) in [4.78, 5) is 10.4. The number of ether oxygens (including phenoxy) is 1. The fourth-order valence-corrected chi connectivity index (χ4v) is 1.52. The smallest absolute Gasteiger partial charge is 0.312 e. The van der Waals surface area contributed by atoms with Crippen LogP contribution in [-0.2, 0) is 17.9 Å². The summed E-state index contributed by atoms with van der Waals surface area (Å²) in [5.74, 6) is 0. The van der Waals surface area contributed by atoms with Gasteiger partial charge in [-0.2, -0.15) is 0 Å². The van der Waals surface area contributed by atoms with Crippen molar-refractivity contribution in [3.63, 3.8) is 0 Å². The predicted molar refractivity (Wildman–Crippen MR) is 66.4 cm³/mol. The first-order chi connectivity index (χ1) is 8.24. The van der Waals surface area contributed by atoms with Gasteiger partial charge in [0.25, 0.3) is 0 Å². The van der Waals surface area contributed by atoms with Crippen LogP contribution in [0.3, 0.4) is 0 Å². The molecule has 5 nitrogen and oxygen atoms in total. The number of carbonyl (C=O) groups excluding carboxylic acids is 1. The third-order valence-corrected chi connectivity index (χ3v) is 2.33. The Morgan fingerprint density at radius 1 is 1.29 bits per heavy atom. The van der Waals surface area contributed by atoms with Gasteiger partial charge in [0.1, 0.15) is 0 Å². The van der Waals surface area contributed by atoms with Crippen molar-refractivity contribution in [3.05, 3.63) is 35.4 Å². The molecular formula is C12H19N3O2. The summed E-state index contributed by atoms with van der Waals surface area (Å²) in [7, 11) is 1.68. The molecule has 0 unspecified atom stereocenters. The first kappa shape index (κ1) is 13.5. The minimum atomic E-state index is -0.494. The molecule has 5 heteroatoms. The second-order valence-corrected chi connectivity index (χ2v) is 3.67. The number of urea groups is 1. The van der Waals surface area contributed by atoms with Crippen LogP contribution in [0.2, 0.25) is 0 Å². The van der Waals surface area contributed by atoms with Gasteiger partial charge in [0, 0.05) is 26.7 Å². The van der Waals surface area contributed by atoms with Crippen LogP contribution in [0.15, 0.2) is 24.3 Å². The maximum atomic E-state index is 10.4. The molecule has 0 bridgehead atoms. The molecule has 0 aliphatic heterocycles. The van der Waals surface area contributed by atoms with Gasteiger partial charge in [-0.15, -0.1) is 0 Å². The molecule has 0 saturated carbocycles. The van der Waals surface area contributed by atoms with E-state index in [1.165, 1.54) is 11.1 Å². The second kappa shape index (κ2) is 7.65. The van der Waals surface area contributed by atoms with Crippen LogP contribution in [0.4, 0.5) is 4.79 Å². The normalized spacial score (nSPS) is 10.2. The molecule has 4 N–H and O–H groups in total. The molecule has 1 aromatic carbocycles. The lowest BCUT2D eigenvalue weighted by molar-refractivity contribution is 0.184. The molecule has 0 saturated heterocycles. The van der Waals surface area contributed by atoms with Crippen molar-refractivity contribution in [2.45, 2.75) is 13.2 Å². The number of nitrogens with two attached hydrogens (primary N) is 1. The molecular weight excluding hydrogens is 218 g/mol. The molecule has 1 rings (SSSR count). The summed E-state index contributed by atoms with van der Waals surface area (Å²) >= 11 is 0. The van der Waals surface area contributed by atoms with Crippen molar-refractivity contribution in [3.8, 4) is 0 Å². The van der Waals surface area contributed by atoms with E-state index in [2.05, 4.69) is 16.7 Å². The summed E-state index contributed by atoms with van der Waals surface area (Å²) in [5.41, 5.74) is 7.33. The molecule has 0 fully saturated rings. The van der Waals surface area contributed by atoms with Gasteiger partial charge in [0.05, 0.1) is 6.61 Å². The third-order valence-electron chi connectivity index (χ3n) is 2.33. The van der Waals surface area contributed by atoms with Gasteiger partial charge >= 0.3 is 6.03 Å². The molecule has 94 valence electrons. The van der Waals surface area contributed by atoms with Crippen LogP contribution in [0.5, 0.6) is 0 Å². The highest BCUT2D eigenvalue weighted by molar-refractivity contribution is 5.71. The minimum absolute atomic E-state index is 0.494. The predicted octanol–water partition coefficient (Wildman–Crippen LogP) is 0.591. The molecule has 0 radical (unpaired) electrons. The minimum Gasteiger partial charge on any atom is -0.380 e. The molecule has 17 heavy (non-hydrogen) atoms. The fourth-order valence-electron chi connectivity index (χ4n) is 1.52. The Balaban J connectivity index is 2.33. The molecule has 0 atom stereocenters. The molecule has 2 amide bonds. The van der Waals surface area contributed by atoms with Crippen molar-refractivity contribution in [2.75, 3.05) is 20.2 Å². The Morgan fingerprint density at radius 3 is 2.65 bits per heavy atom. The van der Waals surface area contributed by atoms with Crippen LogP contribution < -0.4 is 16.4 Å². The number of hydrogen-bond acceptors (Lipinski definition) is 3. The topological polar surface area (TPSA) is 76.4 Å². The summed E-state index contributed by atoms with van der Waals surface area (Å²) in [6.45, 7) is 2.57. The van der Waals surface area contributed by atoms with Crippen molar-refractivity contribution in [2.24, 2.45) is 5.73 Å². The lowest BCUT2D eigenvalue weighted by atomic mass is 10.1. The number of methoxy groups -OCH3 is 1. The number of primary amides is 1. The first-order valence-electron chi connectivity index (χ1n) is 5.53. The summed E-state index contributed by atoms with van der Waals surface area (Å²) in [5, 5.41) is 5.75. The van der Waals surface area contributed by atoms with E-state index in [9.17, 15) is 4.79 Å². The van der Waals surface area contributed by atoms with Gasteiger partial charge in [-0.05, 0) is 11.1 Å². The zero-order valence-electron chi connectivity index (χ0n) is 10.0. The van der Waals surface area contributed by atoms with Crippen LogP contribution in [-0.4, -0.2) is 26.2 Å². The Hall–Kier alpha value is -1.59. The van der Waals surface area contributed by atoms with Crippen molar-refractivity contribution >= 4 is 6.03 Å². The van der Waals surface area contributed by atoms with Crippen LogP contribution >= 0.6 is 0 Å². The standard InChI is InChI=1S/C12H19N3O2/c1-17-9-11-5-3-2-4-10(11)8-14-6-7-15-12(13)16/h2-5,14H,6-9H2,1H3,(H3,13,15,16). The fraction of sp³-hybridized carbons (Fsp3) is 0.417. The molecule has 0 aromatic heterocycles. The monoisotopic (exact) mass is 237 g/mol. The average Bonchev–Trinajstić information content (AvgIpc) is 2.31. The summed E-state index contributed by atoms with van der Waals surface area (Å²) in [6.07, 6.45) is 0. The number of carbonyl (C=O) groups is 1. The highest BCUT2D eigenvalue weighted by Gasteiger charge is 2.00. The highest BCUT2D eigenvalue weighted by Crippen LogP contribution is 2.09. The first-order valence-corrected chi connectivity index (χ1v) is 5.53. The number of nitrogens with one attached hydrogen (secondary N) is 2. The van der Waals surface area contributed by atoms with Crippen LogP contribution in [0.25, 0.3) is 0 Å². The van der Waals surface area contributed by atoms with Gasteiger partial charge in [0.2, 0.25) is 0 Å². The summed E-state index contributed by atoms with van der Waals surface area (Å²) < 4.78 is 5.13. The molecule has 0 spiro atoms. The lowest BCUT2D eigenvalue weighted by Gasteiger charge is -2.10. The van der Waals surface area contributed by atoms with E-state index in [0.717, 1.165) is 6.54 Å². The second-order valence-electron chi connectivity index (χ2n) is 3.67. The van der Waals surface area contributed by atoms with Crippen LogP contribution in [0.1, 0.15) is 11.1 Å². The molecule has 0 aliphatic carbocycles. The Morgan fingerprint density at radius 2 is 2.00 bits per heavy atom. The van der Waals surface area contributed by atoms with E-state index in [4.69, 9.17) is 10.5 Å². The Bertz CT molecular complexity index is 355. The Labute approximate surface area is 101 Å². The van der Waals surface area contributed by atoms with E-state index < -0.39 is 6.03 Å². The zero-order chi connectivity index (χ0) is 12.5. The number of benzene rings is 1. The maximum Gasteiger partial charge on any atom is 0.312 e. The highest BCUT2D eigenvalue weighted by atomic mass is 16.5. The van der Waals surface area contributed by atoms with Crippen molar-refractivity contribution in [1.29, 1.82) is 0 Å². The average molecular weight is 237 g/mol. The molecule has 0 heterocycles. The Kier molecular flexibility index (Phi) is 6.06. The number of amides is 2. The van der Waals surface area contributed by atoms with E-state index in [1.807, 2.05) is 18.2 Å². The van der Waals surface area contributed by atoms with Gasteiger partial charge in [-0.3, -0.25) is 0 Å². The van der Waals surface area contributed by atoms with E-state index in [1.54, 1.807) is 7.11 Å². The van der Waals surface area contributed by atoms with Crippen molar-refractivity contribution in [1.82, 2.24) is 10.6 Å².